The maximum Gasteiger partial charge on any atom is 0.313 e. The monoisotopic (exact) mass is 297 g/mol. The Hall–Kier alpha value is -1.69. The van der Waals surface area contributed by atoms with Crippen LogP contribution in [0.3, 0.4) is 0 Å². The van der Waals surface area contributed by atoms with Crippen LogP contribution in [-0.4, -0.2) is 41.1 Å². The number of carbonyl (C=O) groups excluding carboxylic acids is 1. The molecule has 5 nitrogen and oxygen atoms in total. The fraction of sp³-hybridized carbons (Fsp3) is 0.429. The molecule has 0 aliphatic carbocycles. The van der Waals surface area contributed by atoms with Crippen molar-refractivity contribution >= 4 is 23.6 Å². The lowest BCUT2D eigenvalue weighted by Crippen LogP contribution is -2.37. The molecule has 2 N–H and O–H groups in total. The van der Waals surface area contributed by atoms with Gasteiger partial charge >= 0.3 is 5.97 Å². The van der Waals surface area contributed by atoms with Crippen LogP contribution in [0.4, 0.5) is 0 Å². The number of rotatable bonds is 8. The van der Waals surface area contributed by atoms with Crippen molar-refractivity contribution in [3.8, 4) is 5.75 Å². The van der Waals surface area contributed by atoms with Gasteiger partial charge in [-0.2, -0.15) is 0 Å². The Morgan fingerprint density at radius 1 is 1.30 bits per heavy atom. The number of nitrogens with one attached hydrogen (secondary N) is 1. The van der Waals surface area contributed by atoms with Crippen LogP contribution in [0.2, 0.25) is 0 Å². The average molecular weight is 297 g/mol. The summed E-state index contributed by atoms with van der Waals surface area (Å²) in [5.74, 6) is -0.269. The number of benzene rings is 1. The number of hydrogen-bond donors (Lipinski definition) is 2. The van der Waals surface area contributed by atoms with E-state index in [4.69, 9.17) is 9.84 Å². The lowest BCUT2D eigenvalue weighted by atomic mass is 10.2. The van der Waals surface area contributed by atoms with Crippen molar-refractivity contribution in [1.29, 1.82) is 0 Å². The van der Waals surface area contributed by atoms with E-state index in [1.54, 1.807) is 0 Å². The van der Waals surface area contributed by atoms with E-state index in [9.17, 15) is 9.59 Å². The number of aliphatic carboxylic acids is 1. The summed E-state index contributed by atoms with van der Waals surface area (Å²) < 4.78 is 5.55. The van der Waals surface area contributed by atoms with Gasteiger partial charge in [-0.25, -0.2) is 0 Å². The van der Waals surface area contributed by atoms with E-state index in [1.165, 1.54) is 0 Å². The van der Waals surface area contributed by atoms with Gasteiger partial charge in [-0.1, -0.05) is 17.7 Å². The predicted molar refractivity (Wildman–Crippen MR) is 79.2 cm³/mol. The van der Waals surface area contributed by atoms with Gasteiger partial charge in [0.2, 0.25) is 5.91 Å². The second-order valence-electron chi connectivity index (χ2n) is 4.48. The highest BCUT2D eigenvalue weighted by Gasteiger charge is 2.09. The van der Waals surface area contributed by atoms with Crippen LogP contribution in [-0.2, 0) is 9.59 Å². The number of hydrogen-bond acceptors (Lipinski definition) is 4. The third-order valence-electron chi connectivity index (χ3n) is 2.39. The van der Waals surface area contributed by atoms with E-state index in [0.717, 1.165) is 23.1 Å². The molecule has 1 aromatic carbocycles. The van der Waals surface area contributed by atoms with E-state index >= 15 is 0 Å². The van der Waals surface area contributed by atoms with Gasteiger partial charge in [0.15, 0.2) is 0 Å². The van der Waals surface area contributed by atoms with E-state index in [1.807, 2.05) is 38.1 Å². The molecule has 0 spiro atoms. The Bertz CT molecular complexity index is 447. The maximum atomic E-state index is 11.5. The van der Waals surface area contributed by atoms with E-state index < -0.39 is 5.97 Å². The minimum atomic E-state index is -0.918. The van der Waals surface area contributed by atoms with Gasteiger partial charge < -0.3 is 15.2 Å². The molecule has 0 aromatic heterocycles. The normalized spacial score (nSPS) is 11.7. The molecule has 0 aliphatic heterocycles. The first-order valence-corrected chi connectivity index (χ1v) is 7.41. The summed E-state index contributed by atoms with van der Waals surface area (Å²) in [6.07, 6.45) is 0. The molecular weight excluding hydrogens is 278 g/mol. The molecule has 1 unspecified atom stereocenters. The van der Waals surface area contributed by atoms with Gasteiger partial charge in [-0.15, -0.1) is 11.8 Å². The summed E-state index contributed by atoms with van der Waals surface area (Å²) >= 11 is 1.08. The smallest absolute Gasteiger partial charge is 0.313 e. The second-order valence-corrected chi connectivity index (χ2v) is 5.46. The molecule has 0 aliphatic rings. The molecule has 110 valence electrons. The number of aryl methyl sites for hydroxylation is 1. The van der Waals surface area contributed by atoms with Crippen LogP contribution < -0.4 is 10.1 Å². The van der Waals surface area contributed by atoms with Crippen LogP contribution in [0, 0.1) is 6.92 Å². The molecule has 1 amide bonds. The number of carbonyl (C=O) groups is 2. The first-order chi connectivity index (χ1) is 9.47. The molecule has 0 fully saturated rings. The van der Waals surface area contributed by atoms with Crippen molar-refractivity contribution in [1.82, 2.24) is 5.32 Å². The first-order valence-electron chi connectivity index (χ1n) is 6.25. The highest BCUT2D eigenvalue weighted by Crippen LogP contribution is 2.11. The predicted octanol–water partition coefficient (Wildman–Crippen LogP) is 1.70. The van der Waals surface area contributed by atoms with Crippen molar-refractivity contribution in [2.45, 2.75) is 19.9 Å². The van der Waals surface area contributed by atoms with Gasteiger partial charge in [-0.05, 0) is 26.0 Å². The molecular formula is C14H19NO4S. The number of amides is 1. The van der Waals surface area contributed by atoms with E-state index in [-0.39, 0.29) is 23.5 Å². The van der Waals surface area contributed by atoms with Crippen LogP contribution >= 0.6 is 11.8 Å². The highest BCUT2D eigenvalue weighted by atomic mass is 32.2. The Morgan fingerprint density at radius 3 is 2.55 bits per heavy atom. The molecule has 1 aromatic rings. The molecule has 0 bridgehead atoms. The van der Waals surface area contributed by atoms with Crippen LogP contribution in [0.5, 0.6) is 5.75 Å². The summed E-state index contributed by atoms with van der Waals surface area (Å²) in [5, 5.41) is 11.2. The number of carboxylic acid groups (broad SMARTS) is 1. The van der Waals surface area contributed by atoms with Gasteiger partial charge in [-0.3, -0.25) is 9.59 Å². The number of thioether (sulfide) groups is 1. The van der Waals surface area contributed by atoms with Crippen LogP contribution in [0.25, 0.3) is 0 Å². The Kier molecular flexibility index (Phi) is 6.93. The second kappa shape index (κ2) is 8.47. The molecule has 0 saturated carbocycles. The molecule has 20 heavy (non-hydrogen) atoms. The Balaban J connectivity index is 2.22. The lowest BCUT2D eigenvalue weighted by Gasteiger charge is -2.15. The zero-order valence-electron chi connectivity index (χ0n) is 11.6. The Morgan fingerprint density at radius 2 is 1.95 bits per heavy atom. The average Bonchev–Trinajstić information content (AvgIpc) is 2.37. The van der Waals surface area contributed by atoms with Crippen molar-refractivity contribution in [3.63, 3.8) is 0 Å². The summed E-state index contributed by atoms with van der Waals surface area (Å²) in [4.78, 5) is 21.8. The van der Waals surface area contributed by atoms with Crippen molar-refractivity contribution < 1.29 is 19.4 Å². The lowest BCUT2D eigenvalue weighted by molar-refractivity contribution is -0.133. The minimum absolute atomic E-state index is 0.0678. The Labute approximate surface area is 122 Å². The highest BCUT2D eigenvalue weighted by molar-refractivity contribution is 8.00. The molecule has 1 rings (SSSR count). The maximum absolute atomic E-state index is 11.5. The van der Waals surface area contributed by atoms with Crippen LogP contribution in [0.15, 0.2) is 24.3 Å². The van der Waals surface area contributed by atoms with Gasteiger partial charge in [0.25, 0.3) is 0 Å². The zero-order valence-corrected chi connectivity index (χ0v) is 12.4. The third kappa shape index (κ3) is 7.04. The molecule has 1 atom stereocenters. The van der Waals surface area contributed by atoms with E-state index in [0.29, 0.717) is 6.61 Å². The molecule has 0 saturated heterocycles. The largest absolute Gasteiger partial charge is 0.491 e. The molecule has 0 heterocycles. The number of carboxylic acids is 1. The molecule has 6 heteroatoms. The topological polar surface area (TPSA) is 75.6 Å². The fourth-order valence-electron chi connectivity index (χ4n) is 1.44. The van der Waals surface area contributed by atoms with Crippen molar-refractivity contribution in [2.24, 2.45) is 0 Å². The van der Waals surface area contributed by atoms with Crippen LogP contribution in [0.1, 0.15) is 12.5 Å². The van der Waals surface area contributed by atoms with Gasteiger partial charge in [0.05, 0.1) is 17.5 Å². The molecule has 0 radical (unpaired) electrons. The zero-order chi connectivity index (χ0) is 15.0. The summed E-state index contributed by atoms with van der Waals surface area (Å²) in [6.45, 7) is 4.22. The van der Waals surface area contributed by atoms with Crippen molar-refractivity contribution in [3.05, 3.63) is 29.8 Å². The fourth-order valence-corrected chi connectivity index (χ4v) is 1.99. The number of ether oxygens (including phenoxy) is 1. The summed E-state index contributed by atoms with van der Waals surface area (Å²) in [6, 6.07) is 7.55. The SMILES string of the molecule is Cc1ccc(OCC(C)NC(=O)CSCC(=O)O)cc1. The minimum Gasteiger partial charge on any atom is -0.491 e. The van der Waals surface area contributed by atoms with Gasteiger partial charge in [0, 0.05) is 0 Å². The summed E-state index contributed by atoms with van der Waals surface area (Å²) in [5.41, 5.74) is 1.16. The van der Waals surface area contributed by atoms with E-state index in [2.05, 4.69) is 5.32 Å². The summed E-state index contributed by atoms with van der Waals surface area (Å²) in [7, 11) is 0. The van der Waals surface area contributed by atoms with Crippen molar-refractivity contribution in [2.75, 3.05) is 18.1 Å². The third-order valence-corrected chi connectivity index (χ3v) is 3.30. The standard InChI is InChI=1S/C14H19NO4S/c1-10-3-5-12(6-4-10)19-7-11(2)15-13(16)8-20-9-14(17)18/h3-6,11H,7-9H2,1-2H3,(H,15,16)(H,17,18). The quantitative estimate of drug-likeness (QED) is 0.764. The van der Waals surface area contributed by atoms with Gasteiger partial charge in [0.1, 0.15) is 12.4 Å². The first kappa shape index (κ1) is 16.4.